The molecule has 25 heteroatoms. The largest absolute Gasteiger partial charge is 0.355 e. The van der Waals surface area contributed by atoms with E-state index in [-0.39, 0.29) is 69.8 Å². The third-order valence-electron chi connectivity index (χ3n) is 8.96. The van der Waals surface area contributed by atoms with E-state index in [1.54, 1.807) is 47.1 Å². The van der Waals surface area contributed by atoms with Crippen molar-refractivity contribution in [3.8, 4) is 36.3 Å². The number of nitrogens with zero attached hydrogens (tertiary/aromatic N) is 3. The molecule has 8 bridgehead atoms. The Hall–Kier alpha value is -4.45. The Balaban J connectivity index is 0.00000514. The minimum absolute atomic E-state index is 0. The van der Waals surface area contributed by atoms with Crippen molar-refractivity contribution in [1.29, 1.82) is 0 Å². The van der Waals surface area contributed by atoms with Crippen molar-refractivity contribution >= 4 is 132 Å². The van der Waals surface area contributed by atoms with Gasteiger partial charge in [0.05, 0.1) is 33.8 Å². The molecule has 0 fully saturated rings. The van der Waals surface area contributed by atoms with Crippen molar-refractivity contribution in [3.05, 3.63) is 102 Å². The van der Waals surface area contributed by atoms with Gasteiger partial charge in [0.1, 0.15) is 21.8 Å². The van der Waals surface area contributed by atoms with Crippen LogP contribution in [0.4, 0.5) is 0 Å². The summed E-state index contributed by atoms with van der Waals surface area (Å²) < 4.78 is 141. The van der Waals surface area contributed by atoms with Gasteiger partial charge in [0.15, 0.2) is 0 Å². The molecule has 315 valence electrons. The molecule has 0 aromatic carbocycles. The van der Waals surface area contributed by atoms with Crippen LogP contribution in [0.25, 0.3) is 82.7 Å². The van der Waals surface area contributed by atoms with Crippen LogP contribution in [0, 0.1) is 0 Å². The third-order valence-corrected chi connectivity index (χ3v) is 18.6. The molecule has 9 heterocycles. The van der Waals surface area contributed by atoms with Crippen LogP contribution in [0.5, 0.6) is 0 Å². The molecule has 0 aliphatic carbocycles. The molecule has 0 amide bonds. The van der Waals surface area contributed by atoms with Gasteiger partial charge in [-0.25, -0.2) is 9.97 Å². The molecule has 61 heavy (non-hydrogen) atoms. The van der Waals surface area contributed by atoms with Gasteiger partial charge in [-0.05, 0) is 103 Å². The van der Waals surface area contributed by atoms with Crippen LogP contribution in [0.15, 0.2) is 95.7 Å². The van der Waals surface area contributed by atoms with E-state index < -0.39 is 57.3 Å². The normalized spacial score (nSPS) is 13.2. The van der Waals surface area contributed by atoms with Gasteiger partial charge in [0.2, 0.25) is 0 Å². The molecular formula is C36H22CoN4O12S8. The molecular weight excluding hydrogens is 996 g/mol. The maximum absolute atomic E-state index is 12.6. The smallest absolute Gasteiger partial charge is 0.304 e. The van der Waals surface area contributed by atoms with Gasteiger partial charge in [-0.3, -0.25) is 22.8 Å². The fourth-order valence-electron chi connectivity index (χ4n) is 6.60. The molecule has 2 aliphatic rings. The number of aromatic amines is 1. The van der Waals surface area contributed by atoms with Gasteiger partial charge < -0.3 is 4.98 Å². The van der Waals surface area contributed by atoms with Crippen molar-refractivity contribution in [2.45, 2.75) is 16.8 Å². The molecule has 0 saturated carbocycles. The number of H-pyrrole nitrogens is 1. The maximum Gasteiger partial charge on any atom is 0.304 e. The molecule has 16 nitrogen and oxygen atoms in total. The van der Waals surface area contributed by atoms with E-state index >= 15 is 0 Å². The van der Waals surface area contributed by atoms with Crippen molar-refractivity contribution in [2.24, 2.45) is 0 Å². The molecule has 0 atom stereocenters. The number of thiophene rings is 4. The van der Waals surface area contributed by atoms with E-state index in [1.165, 1.54) is 30.3 Å². The quantitative estimate of drug-likeness (QED) is 0.0896. The van der Waals surface area contributed by atoms with E-state index in [1.807, 2.05) is 12.1 Å². The van der Waals surface area contributed by atoms with Crippen LogP contribution >= 0.6 is 45.3 Å². The Kier molecular flexibility index (Phi) is 10.9. The van der Waals surface area contributed by atoms with Crippen LogP contribution in [0.1, 0.15) is 22.8 Å². The van der Waals surface area contributed by atoms with Crippen LogP contribution in [0.3, 0.4) is 0 Å². The monoisotopic (exact) mass is 1020 g/mol. The topological polar surface area (TPSA) is 264 Å². The average Bonchev–Trinajstić information content (AvgIpc) is 3.99. The van der Waals surface area contributed by atoms with Crippen molar-refractivity contribution in [2.75, 3.05) is 0 Å². The van der Waals surface area contributed by atoms with Gasteiger partial charge in [-0.15, -0.1) is 45.3 Å². The first kappa shape index (κ1) is 43.2. The van der Waals surface area contributed by atoms with Crippen molar-refractivity contribution < 1.29 is 68.7 Å². The summed E-state index contributed by atoms with van der Waals surface area (Å²) in [4.78, 5) is 13.5. The zero-order valence-electron chi connectivity index (χ0n) is 29.8. The number of fused-ring (bicyclic) bond motifs is 8. The Bertz CT molecular complexity index is 3680. The Morgan fingerprint density at radius 2 is 0.902 bits per heavy atom. The van der Waals surface area contributed by atoms with Gasteiger partial charge in [0.25, 0.3) is 0 Å². The predicted octanol–water partition coefficient (Wildman–Crippen LogP) is 8.35. The zero-order chi connectivity index (χ0) is 42.5. The Morgan fingerprint density at radius 1 is 0.475 bits per heavy atom. The van der Waals surface area contributed by atoms with Gasteiger partial charge in [-0.2, -0.15) is 33.7 Å². The molecule has 7 aromatic heterocycles. The first-order chi connectivity index (χ1) is 28.2. The maximum atomic E-state index is 12.6. The zero-order valence-corrected chi connectivity index (χ0v) is 37.4. The molecule has 0 unspecified atom stereocenters. The van der Waals surface area contributed by atoms with E-state index in [2.05, 4.69) is 4.98 Å². The Morgan fingerprint density at radius 3 is 1.39 bits per heavy atom. The summed E-state index contributed by atoms with van der Waals surface area (Å²) in [6.07, 6.45) is 6.73. The standard InChI is InChI=1S/C36H22N4O12S8.Co/c41-57(42,43)29-11-7-25(53-29)33-23-6-5-21(39-23)16-20-2-1-18(37-20)15-19-3-4-22(38-19)17-24-34(26-8-12-30(54-26)58(44,45)46)35(27-9-13-31(55-27)59(47,48)49)36(33)40(24)28-10-14-32(56-28)60(50,51)52;/h1-17,37H,(H,41,42,43)(H,44,45,46)(H,47,48,49)(H,50,51,52);. The first-order valence-electron chi connectivity index (χ1n) is 16.7. The fraction of sp³-hybridized carbons (Fsp3) is 0. The summed E-state index contributed by atoms with van der Waals surface area (Å²) in [5, 5.41) is 0.133. The summed E-state index contributed by atoms with van der Waals surface area (Å²) in [5.41, 5.74) is 3.70. The van der Waals surface area contributed by atoms with Crippen LogP contribution in [0.2, 0.25) is 0 Å². The molecule has 1 radical (unpaired) electrons. The predicted molar refractivity (Wildman–Crippen MR) is 231 cm³/mol. The SMILES string of the molecule is O=S(=O)(O)c1ccc(-c2c(-c3ccc(S(=O)(=O)O)s3)c3c(-c4ccc(S(=O)(=O)O)s4)c4nc(cc5ccc(cc6nc(cc2n3-c2ccc(S(=O)(=O)O)s2)C=C6)[nH]5)C=C4)s1.[Co]. The second-order valence-electron chi connectivity index (χ2n) is 12.9. The molecule has 0 saturated heterocycles. The average molecular weight is 1020 g/mol. The molecule has 7 aromatic rings. The molecule has 0 spiro atoms. The minimum Gasteiger partial charge on any atom is -0.355 e. The Labute approximate surface area is 372 Å². The fourth-order valence-corrected chi connectivity index (χ4v) is 13.5. The summed E-state index contributed by atoms with van der Waals surface area (Å²) in [7, 11) is -19.1. The summed E-state index contributed by atoms with van der Waals surface area (Å²) >= 11 is 2.60. The number of aromatic nitrogens is 4. The molecule has 5 N–H and O–H groups in total. The van der Waals surface area contributed by atoms with Crippen LogP contribution in [-0.4, -0.2) is 71.4 Å². The first-order valence-corrected chi connectivity index (χ1v) is 25.7. The van der Waals surface area contributed by atoms with Crippen molar-refractivity contribution in [1.82, 2.24) is 19.5 Å². The van der Waals surface area contributed by atoms with Gasteiger partial charge in [0, 0.05) is 59.1 Å². The van der Waals surface area contributed by atoms with E-state index in [0.29, 0.717) is 73.5 Å². The number of hydrogen-bond donors (Lipinski definition) is 5. The second kappa shape index (κ2) is 15.4. The number of hydrogen-bond acceptors (Lipinski definition) is 14. The van der Waals surface area contributed by atoms with E-state index in [4.69, 9.17) is 9.97 Å². The summed E-state index contributed by atoms with van der Waals surface area (Å²) in [6.45, 7) is 0. The van der Waals surface area contributed by atoms with E-state index in [0.717, 1.165) is 18.2 Å². The summed E-state index contributed by atoms with van der Waals surface area (Å²) in [6, 6.07) is 19.1. The summed E-state index contributed by atoms with van der Waals surface area (Å²) in [5.74, 6) is 0. The third kappa shape index (κ3) is 8.30. The minimum atomic E-state index is -4.79. The second-order valence-corrected chi connectivity index (χ2v) is 23.8. The number of rotatable bonds is 8. The molecule has 2 aliphatic heterocycles. The number of nitrogens with one attached hydrogen (secondary N) is 1. The molecule has 9 rings (SSSR count). The van der Waals surface area contributed by atoms with Crippen molar-refractivity contribution in [3.63, 3.8) is 0 Å². The van der Waals surface area contributed by atoms with Crippen LogP contribution < -0.4 is 0 Å². The van der Waals surface area contributed by atoms with E-state index in [9.17, 15) is 51.9 Å². The van der Waals surface area contributed by atoms with Gasteiger partial charge in [-0.1, -0.05) is 0 Å². The van der Waals surface area contributed by atoms with Gasteiger partial charge >= 0.3 is 40.5 Å². The van der Waals surface area contributed by atoms with Crippen LogP contribution in [-0.2, 0) is 57.3 Å².